The van der Waals surface area contributed by atoms with Gasteiger partial charge in [-0.25, -0.2) is 8.42 Å². The first-order valence-corrected chi connectivity index (χ1v) is 12.1. The Labute approximate surface area is 180 Å². The monoisotopic (exact) mass is 428 g/mol. The Kier molecular flexibility index (Phi) is 6.98. The van der Waals surface area contributed by atoms with Gasteiger partial charge in [-0.15, -0.1) is 0 Å². The average molecular weight is 429 g/mol. The van der Waals surface area contributed by atoms with Crippen LogP contribution in [0.2, 0.25) is 0 Å². The number of aryl methyl sites for hydroxylation is 3. The minimum Gasteiger partial charge on any atom is -0.346 e. The lowest BCUT2D eigenvalue weighted by molar-refractivity contribution is 0.0939. The average Bonchev–Trinajstić information content (AvgIpc) is 3.00. The van der Waals surface area contributed by atoms with E-state index in [4.69, 9.17) is 0 Å². The molecule has 0 aliphatic carbocycles. The molecule has 5 nitrogen and oxygen atoms in total. The number of sulfonamides is 1. The molecule has 1 fully saturated rings. The number of hydrogen-bond acceptors (Lipinski definition) is 3. The van der Waals surface area contributed by atoms with Gasteiger partial charge in [-0.2, -0.15) is 4.31 Å². The first-order valence-electron chi connectivity index (χ1n) is 10.7. The van der Waals surface area contributed by atoms with Gasteiger partial charge in [0.2, 0.25) is 10.0 Å². The van der Waals surface area contributed by atoms with Gasteiger partial charge >= 0.3 is 0 Å². The summed E-state index contributed by atoms with van der Waals surface area (Å²) in [5.74, 6) is -0.268. The zero-order chi connectivity index (χ0) is 21.9. The molecule has 0 bridgehead atoms. The second-order valence-electron chi connectivity index (χ2n) is 8.35. The zero-order valence-electron chi connectivity index (χ0n) is 18.4. The standard InChI is InChI=1S/C24H32N2O3S/c1-17-9-10-18(2)22(15-17)20(4)25-24(27)21-12-11-19(3)23(16-21)30(28,29)26-13-7-5-6-8-14-26/h9-12,15-16,20H,5-8,13-14H2,1-4H3,(H,25,27)/t20-/m1/s1. The molecule has 1 aliphatic heterocycles. The van der Waals surface area contributed by atoms with E-state index < -0.39 is 10.0 Å². The summed E-state index contributed by atoms with van der Waals surface area (Å²) in [4.78, 5) is 13.2. The summed E-state index contributed by atoms with van der Waals surface area (Å²) < 4.78 is 28.1. The van der Waals surface area contributed by atoms with Crippen LogP contribution in [0.4, 0.5) is 0 Å². The Morgan fingerprint density at radius 1 is 0.933 bits per heavy atom. The molecule has 1 heterocycles. The van der Waals surface area contributed by atoms with Gasteiger partial charge < -0.3 is 5.32 Å². The van der Waals surface area contributed by atoms with Crippen molar-refractivity contribution in [2.45, 2.75) is 64.3 Å². The van der Waals surface area contributed by atoms with E-state index in [0.717, 1.165) is 42.4 Å². The molecule has 162 valence electrons. The first-order chi connectivity index (χ1) is 14.2. The molecule has 1 saturated heterocycles. The summed E-state index contributed by atoms with van der Waals surface area (Å²) in [7, 11) is -3.61. The van der Waals surface area contributed by atoms with E-state index in [1.807, 2.05) is 32.9 Å². The molecule has 0 aromatic heterocycles. The number of amides is 1. The van der Waals surface area contributed by atoms with Crippen LogP contribution in [-0.2, 0) is 10.0 Å². The normalized spacial score (nSPS) is 16.7. The Morgan fingerprint density at radius 3 is 2.23 bits per heavy atom. The van der Waals surface area contributed by atoms with Gasteiger partial charge in [0.15, 0.2) is 0 Å². The third kappa shape index (κ3) is 4.93. The molecule has 3 rings (SSSR count). The molecule has 30 heavy (non-hydrogen) atoms. The van der Waals surface area contributed by atoms with Crippen LogP contribution in [0.25, 0.3) is 0 Å². The van der Waals surface area contributed by atoms with Crippen molar-refractivity contribution in [2.24, 2.45) is 0 Å². The Morgan fingerprint density at radius 2 is 1.57 bits per heavy atom. The van der Waals surface area contributed by atoms with E-state index in [0.29, 0.717) is 24.2 Å². The van der Waals surface area contributed by atoms with Crippen LogP contribution >= 0.6 is 0 Å². The smallest absolute Gasteiger partial charge is 0.251 e. The number of carbonyl (C=O) groups excluding carboxylic acids is 1. The van der Waals surface area contributed by atoms with Crippen LogP contribution < -0.4 is 5.32 Å². The molecule has 0 saturated carbocycles. The molecule has 1 amide bonds. The van der Waals surface area contributed by atoms with Gasteiger partial charge in [0.1, 0.15) is 0 Å². The second-order valence-corrected chi connectivity index (χ2v) is 10.3. The minimum atomic E-state index is -3.61. The highest BCUT2D eigenvalue weighted by Crippen LogP contribution is 2.25. The molecule has 1 atom stereocenters. The van der Waals surface area contributed by atoms with Crippen molar-refractivity contribution in [1.29, 1.82) is 0 Å². The lowest BCUT2D eigenvalue weighted by Gasteiger charge is -2.22. The van der Waals surface area contributed by atoms with E-state index in [9.17, 15) is 13.2 Å². The third-order valence-electron chi connectivity index (χ3n) is 5.88. The topological polar surface area (TPSA) is 66.5 Å². The Bertz CT molecular complexity index is 1020. The Balaban J connectivity index is 1.85. The highest BCUT2D eigenvalue weighted by molar-refractivity contribution is 7.89. The Hall–Kier alpha value is -2.18. The van der Waals surface area contributed by atoms with E-state index in [-0.39, 0.29) is 16.8 Å². The maximum absolute atomic E-state index is 13.3. The number of rotatable bonds is 5. The molecule has 2 aromatic carbocycles. The van der Waals surface area contributed by atoms with Gasteiger partial charge in [0.05, 0.1) is 10.9 Å². The number of nitrogens with one attached hydrogen (secondary N) is 1. The quantitative estimate of drug-likeness (QED) is 0.753. The zero-order valence-corrected chi connectivity index (χ0v) is 19.2. The predicted octanol–water partition coefficient (Wildman–Crippen LogP) is 4.67. The molecule has 1 N–H and O–H groups in total. The highest BCUT2D eigenvalue weighted by Gasteiger charge is 2.27. The summed E-state index contributed by atoms with van der Waals surface area (Å²) in [6, 6.07) is 10.9. The molecular formula is C24H32N2O3S. The van der Waals surface area contributed by atoms with Crippen LogP contribution in [0.15, 0.2) is 41.3 Å². The third-order valence-corrected chi connectivity index (χ3v) is 7.92. The van der Waals surface area contributed by atoms with Crippen molar-refractivity contribution in [2.75, 3.05) is 13.1 Å². The molecule has 6 heteroatoms. The minimum absolute atomic E-state index is 0.177. The molecule has 0 spiro atoms. The van der Waals surface area contributed by atoms with E-state index >= 15 is 0 Å². The predicted molar refractivity (Wildman–Crippen MR) is 120 cm³/mol. The highest BCUT2D eigenvalue weighted by atomic mass is 32.2. The van der Waals surface area contributed by atoms with Gasteiger partial charge in [-0.05, 0) is 69.4 Å². The fraction of sp³-hybridized carbons (Fsp3) is 0.458. The van der Waals surface area contributed by atoms with Crippen molar-refractivity contribution >= 4 is 15.9 Å². The summed E-state index contributed by atoms with van der Waals surface area (Å²) in [6.07, 6.45) is 3.88. The van der Waals surface area contributed by atoms with Gasteiger partial charge in [-0.3, -0.25) is 4.79 Å². The second kappa shape index (κ2) is 9.31. The lowest BCUT2D eigenvalue weighted by atomic mass is 9.99. The van der Waals surface area contributed by atoms with Crippen LogP contribution in [0.3, 0.4) is 0 Å². The van der Waals surface area contributed by atoms with Crippen molar-refractivity contribution in [3.63, 3.8) is 0 Å². The van der Waals surface area contributed by atoms with Gasteiger partial charge in [0, 0.05) is 18.7 Å². The van der Waals surface area contributed by atoms with Crippen molar-refractivity contribution in [1.82, 2.24) is 9.62 Å². The van der Waals surface area contributed by atoms with Crippen molar-refractivity contribution in [3.8, 4) is 0 Å². The number of hydrogen-bond donors (Lipinski definition) is 1. The lowest BCUT2D eigenvalue weighted by Crippen LogP contribution is -2.33. The summed E-state index contributed by atoms with van der Waals surface area (Å²) in [5, 5.41) is 3.02. The van der Waals surface area contributed by atoms with Crippen LogP contribution in [0, 0.1) is 20.8 Å². The van der Waals surface area contributed by atoms with Gasteiger partial charge in [-0.1, -0.05) is 42.7 Å². The SMILES string of the molecule is Cc1ccc(C)c([C@@H](C)NC(=O)c2ccc(C)c(S(=O)(=O)N3CCCCCC3)c2)c1. The summed E-state index contributed by atoms with van der Waals surface area (Å²) in [5.41, 5.74) is 4.34. The van der Waals surface area contributed by atoms with E-state index in [2.05, 4.69) is 11.4 Å². The fourth-order valence-electron chi connectivity index (χ4n) is 4.02. The van der Waals surface area contributed by atoms with E-state index in [1.54, 1.807) is 23.4 Å². The van der Waals surface area contributed by atoms with Gasteiger partial charge in [0.25, 0.3) is 5.91 Å². The van der Waals surface area contributed by atoms with Crippen molar-refractivity contribution < 1.29 is 13.2 Å². The van der Waals surface area contributed by atoms with Crippen LogP contribution in [0.5, 0.6) is 0 Å². The maximum Gasteiger partial charge on any atom is 0.251 e. The van der Waals surface area contributed by atoms with E-state index in [1.165, 1.54) is 6.07 Å². The fourth-order valence-corrected chi connectivity index (χ4v) is 5.79. The van der Waals surface area contributed by atoms with Crippen LogP contribution in [-0.4, -0.2) is 31.7 Å². The molecule has 2 aromatic rings. The molecule has 1 aliphatic rings. The van der Waals surface area contributed by atoms with Crippen LogP contribution in [0.1, 0.15) is 71.3 Å². The largest absolute Gasteiger partial charge is 0.346 e. The first kappa shape index (κ1) is 22.5. The molecular weight excluding hydrogens is 396 g/mol. The molecule has 0 unspecified atom stereocenters. The molecule has 0 radical (unpaired) electrons. The van der Waals surface area contributed by atoms with Crippen molar-refractivity contribution in [3.05, 3.63) is 64.2 Å². The number of benzene rings is 2. The summed E-state index contributed by atoms with van der Waals surface area (Å²) >= 11 is 0. The number of carbonyl (C=O) groups is 1. The maximum atomic E-state index is 13.3. The number of nitrogens with zero attached hydrogens (tertiary/aromatic N) is 1. The summed E-state index contributed by atoms with van der Waals surface area (Å²) in [6.45, 7) is 8.87.